The molecule has 0 saturated carbocycles. The van der Waals surface area contributed by atoms with E-state index in [4.69, 9.17) is 18.9 Å². The lowest BCUT2D eigenvalue weighted by Gasteiger charge is -2.32. The molecule has 1 aliphatic rings. The Morgan fingerprint density at radius 1 is 0.793 bits per heavy atom. The van der Waals surface area contributed by atoms with Gasteiger partial charge in [0.2, 0.25) is 11.5 Å². The first-order valence-electron chi connectivity index (χ1n) is 9.43. The Kier molecular flexibility index (Phi) is 5.71. The first-order valence-corrected chi connectivity index (χ1v) is 9.43. The van der Waals surface area contributed by atoms with Gasteiger partial charge in [0.1, 0.15) is 0 Å². The van der Waals surface area contributed by atoms with Crippen LogP contribution in [-0.2, 0) is 6.42 Å². The van der Waals surface area contributed by atoms with E-state index in [-0.39, 0.29) is 34.8 Å². The molecular weight excluding hydrogens is 376 g/mol. The molecule has 7 nitrogen and oxygen atoms in total. The zero-order valence-electron chi connectivity index (χ0n) is 17.6. The summed E-state index contributed by atoms with van der Waals surface area (Å²) < 4.78 is 21.5. The molecule has 0 spiro atoms. The molecule has 0 aromatic heterocycles. The molecule has 2 aromatic carbocycles. The van der Waals surface area contributed by atoms with Gasteiger partial charge in [-0.25, -0.2) is 0 Å². The third-order valence-electron chi connectivity index (χ3n) is 5.91. The van der Waals surface area contributed by atoms with E-state index < -0.39 is 6.10 Å². The Balaban J connectivity index is 2.49. The quantitative estimate of drug-likeness (QED) is 0.715. The third-order valence-corrected chi connectivity index (χ3v) is 5.91. The van der Waals surface area contributed by atoms with Gasteiger partial charge in [0.15, 0.2) is 23.0 Å². The molecule has 0 unspecified atom stereocenters. The molecule has 158 valence electrons. The first kappa shape index (κ1) is 20.9. The second kappa shape index (κ2) is 7.91. The molecule has 3 N–H and O–H groups in total. The summed E-state index contributed by atoms with van der Waals surface area (Å²) in [5.41, 5.74) is 1.90. The predicted octanol–water partition coefficient (Wildman–Crippen LogP) is 3.66. The molecule has 3 rings (SSSR count). The van der Waals surface area contributed by atoms with Crippen LogP contribution in [0.25, 0.3) is 11.1 Å². The molecule has 0 radical (unpaired) electrons. The number of benzene rings is 2. The number of methoxy groups -OCH3 is 4. The summed E-state index contributed by atoms with van der Waals surface area (Å²) in [5, 5.41) is 33.3. The zero-order valence-corrected chi connectivity index (χ0v) is 17.6. The lowest BCUT2D eigenvalue weighted by atomic mass is 9.76. The Hall–Kier alpha value is -2.80. The standard InChI is InChI=1S/C22H28O7/c1-10-7-12-8-14(26-3)21(28-5)19(24)16(12)17-13(18(23)11(10)2)9-15(27-4)22(29-6)20(17)25/h8-11,18,23-25H,7H2,1-6H3/t10-,11-,18+/m0/s1. The molecule has 29 heavy (non-hydrogen) atoms. The molecule has 1 aliphatic carbocycles. The SMILES string of the molecule is COc1cc2c(c(O)c1OC)-c1c(cc(OC)c(OC)c1O)[C@H](O)[C@@H](C)[C@@H](C)C2. The summed E-state index contributed by atoms with van der Waals surface area (Å²) in [7, 11) is 5.82. The van der Waals surface area contributed by atoms with Gasteiger partial charge in [0, 0.05) is 11.1 Å². The van der Waals surface area contributed by atoms with E-state index in [9.17, 15) is 15.3 Å². The smallest absolute Gasteiger partial charge is 0.203 e. The number of phenols is 2. The van der Waals surface area contributed by atoms with Crippen LogP contribution in [0.1, 0.15) is 31.1 Å². The third kappa shape index (κ3) is 3.19. The minimum Gasteiger partial charge on any atom is -0.504 e. The maximum Gasteiger partial charge on any atom is 0.203 e. The van der Waals surface area contributed by atoms with Gasteiger partial charge >= 0.3 is 0 Å². The van der Waals surface area contributed by atoms with Crippen molar-refractivity contribution in [3.63, 3.8) is 0 Å². The number of aliphatic hydroxyl groups is 1. The number of hydrogen-bond donors (Lipinski definition) is 3. The predicted molar refractivity (Wildman–Crippen MR) is 108 cm³/mol. The van der Waals surface area contributed by atoms with Gasteiger partial charge in [-0.05, 0) is 41.5 Å². The molecule has 0 aliphatic heterocycles. The van der Waals surface area contributed by atoms with Gasteiger partial charge in [-0.3, -0.25) is 0 Å². The maximum atomic E-state index is 11.1. The topological polar surface area (TPSA) is 97.6 Å². The summed E-state index contributed by atoms with van der Waals surface area (Å²) in [6, 6.07) is 3.45. The van der Waals surface area contributed by atoms with Crippen LogP contribution in [0.2, 0.25) is 0 Å². The average molecular weight is 404 g/mol. The average Bonchev–Trinajstić information content (AvgIpc) is 2.71. The van der Waals surface area contributed by atoms with E-state index in [0.29, 0.717) is 34.6 Å². The first-order chi connectivity index (χ1) is 13.8. The Morgan fingerprint density at radius 2 is 1.31 bits per heavy atom. The van der Waals surface area contributed by atoms with E-state index in [1.807, 2.05) is 13.8 Å². The molecule has 0 saturated heterocycles. The van der Waals surface area contributed by atoms with E-state index >= 15 is 0 Å². The van der Waals surface area contributed by atoms with E-state index in [0.717, 1.165) is 5.56 Å². The molecular formula is C22H28O7. The molecule has 0 heterocycles. The van der Waals surface area contributed by atoms with Crippen molar-refractivity contribution in [1.29, 1.82) is 0 Å². The van der Waals surface area contributed by atoms with Crippen molar-refractivity contribution in [1.82, 2.24) is 0 Å². The van der Waals surface area contributed by atoms with Crippen molar-refractivity contribution in [3.05, 3.63) is 23.3 Å². The summed E-state index contributed by atoms with van der Waals surface area (Å²) in [6.07, 6.45) is -0.319. The highest BCUT2D eigenvalue weighted by Gasteiger charge is 2.35. The largest absolute Gasteiger partial charge is 0.504 e. The summed E-state index contributed by atoms with van der Waals surface area (Å²) in [4.78, 5) is 0. The minimum atomic E-state index is -0.883. The minimum absolute atomic E-state index is 0.0876. The van der Waals surface area contributed by atoms with Crippen LogP contribution in [0.15, 0.2) is 12.1 Å². The summed E-state index contributed by atoms with van der Waals surface area (Å²) >= 11 is 0. The number of aromatic hydroxyl groups is 2. The number of fused-ring (bicyclic) bond motifs is 3. The monoisotopic (exact) mass is 404 g/mol. The van der Waals surface area contributed by atoms with Gasteiger partial charge in [-0.15, -0.1) is 0 Å². The zero-order chi connectivity index (χ0) is 21.5. The molecule has 7 heteroatoms. The van der Waals surface area contributed by atoms with Gasteiger partial charge in [-0.2, -0.15) is 0 Å². The van der Waals surface area contributed by atoms with Crippen molar-refractivity contribution >= 4 is 0 Å². The van der Waals surface area contributed by atoms with Crippen molar-refractivity contribution in [2.24, 2.45) is 11.8 Å². The van der Waals surface area contributed by atoms with Gasteiger partial charge < -0.3 is 34.3 Å². The van der Waals surface area contributed by atoms with Crippen molar-refractivity contribution < 1.29 is 34.3 Å². The van der Waals surface area contributed by atoms with Crippen LogP contribution < -0.4 is 18.9 Å². The van der Waals surface area contributed by atoms with Gasteiger partial charge in [-0.1, -0.05) is 13.8 Å². The number of hydrogen-bond acceptors (Lipinski definition) is 7. The molecule has 0 amide bonds. The fourth-order valence-corrected chi connectivity index (χ4v) is 4.09. The number of phenolic OH excluding ortho intramolecular Hbond substituents is 2. The highest BCUT2D eigenvalue weighted by atomic mass is 16.5. The highest BCUT2D eigenvalue weighted by Crippen LogP contribution is 2.56. The second-order valence-electron chi connectivity index (χ2n) is 7.41. The van der Waals surface area contributed by atoms with Crippen LogP contribution in [-0.4, -0.2) is 43.8 Å². The van der Waals surface area contributed by atoms with Crippen LogP contribution >= 0.6 is 0 Å². The molecule has 0 fully saturated rings. The number of aliphatic hydroxyl groups excluding tert-OH is 1. The van der Waals surface area contributed by atoms with Crippen molar-refractivity contribution in [3.8, 4) is 45.6 Å². The number of ether oxygens (including phenoxy) is 4. The van der Waals surface area contributed by atoms with Crippen molar-refractivity contribution in [2.75, 3.05) is 28.4 Å². The lowest BCUT2D eigenvalue weighted by Crippen LogP contribution is -2.22. The molecule has 0 bridgehead atoms. The molecule has 3 atom stereocenters. The second-order valence-corrected chi connectivity index (χ2v) is 7.41. The molecule has 2 aromatic rings. The van der Waals surface area contributed by atoms with E-state index in [1.54, 1.807) is 12.1 Å². The highest BCUT2D eigenvalue weighted by molar-refractivity contribution is 5.88. The Labute approximate surface area is 170 Å². The fourth-order valence-electron chi connectivity index (χ4n) is 4.09. The van der Waals surface area contributed by atoms with Crippen LogP contribution in [0.4, 0.5) is 0 Å². The van der Waals surface area contributed by atoms with Gasteiger partial charge in [0.25, 0.3) is 0 Å². The summed E-state index contributed by atoms with van der Waals surface area (Å²) in [6.45, 7) is 4.00. The Morgan fingerprint density at radius 3 is 1.83 bits per heavy atom. The van der Waals surface area contributed by atoms with Crippen LogP contribution in [0.3, 0.4) is 0 Å². The van der Waals surface area contributed by atoms with E-state index in [2.05, 4.69) is 0 Å². The lowest BCUT2D eigenvalue weighted by molar-refractivity contribution is 0.0862. The normalized spacial score (nSPS) is 20.7. The fraction of sp³-hybridized carbons (Fsp3) is 0.455. The van der Waals surface area contributed by atoms with Crippen LogP contribution in [0, 0.1) is 11.8 Å². The van der Waals surface area contributed by atoms with Gasteiger partial charge in [0.05, 0.1) is 34.5 Å². The van der Waals surface area contributed by atoms with E-state index in [1.165, 1.54) is 28.4 Å². The van der Waals surface area contributed by atoms with Crippen LogP contribution in [0.5, 0.6) is 34.5 Å². The maximum absolute atomic E-state index is 11.1. The number of rotatable bonds is 4. The summed E-state index contributed by atoms with van der Waals surface area (Å²) in [5.74, 6) is 0.559. The Bertz CT molecular complexity index is 922. The van der Waals surface area contributed by atoms with Crippen molar-refractivity contribution in [2.45, 2.75) is 26.4 Å².